The highest BCUT2D eigenvalue weighted by Crippen LogP contribution is 2.28. The van der Waals surface area contributed by atoms with Crippen molar-refractivity contribution in [2.45, 2.75) is 6.92 Å². The van der Waals surface area contributed by atoms with Crippen LogP contribution in [0.25, 0.3) is 22.0 Å². The maximum absolute atomic E-state index is 12.6. The second kappa shape index (κ2) is 8.20. The summed E-state index contributed by atoms with van der Waals surface area (Å²) in [5.74, 6) is 0.523. The van der Waals surface area contributed by atoms with Gasteiger partial charge in [-0.3, -0.25) is 9.78 Å². The van der Waals surface area contributed by atoms with Gasteiger partial charge in [-0.05, 0) is 60.3 Å². The molecule has 1 saturated heterocycles. The summed E-state index contributed by atoms with van der Waals surface area (Å²) in [6, 6.07) is 14.0. The molecule has 1 fully saturated rings. The first-order valence-electron chi connectivity index (χ1n) is 10.3. The molecule has 0 spiro atoms. The maximum atomic E-state index is 12.6. The smallest absolute Gasteiger partial charge is 0.259 e. The monoisotopic (exact) mass is 413 g/mol. The number of aromatic nitrogens is 3. The average Bonchev–Trinajstić information content (AvgIpc) is 2.80. The molecule has 0 bridgehead atoms. The zero-order valence-corrected chi connectivity index (χ0v) is 17.3. The number of aryl methyl sites for hydroxylation is 1. The maximum Gasteiger partial charge on any atom is 0.259 e. The SMILES string of the molecule is Cc1cncc(-c2cc3cc[nH]c(=O)c3c(Nc3ccc(N4CCOCC4)cc3)n2)c1. The fraction of sp³-hybridized carbons (Fsp3) is 0.208. The summed E-state index contributed by atoms with van der Waals surface area (Å²) in [5, 5.41) is 4.70. The van der Waals surface area contributed by atoms with Crippen LogP contribution in [-0.2, 0) is 4.74 Å². The lowest BCUT2D eigenvalue weighted by molar-refractivity contribution is 0.122. The standard InChI is InChI=1S/C24H23N5O2/c1-16-12-18(15-25-14-16)21-13-17-6-7-26-24(30)22(17)23(28-21)27-19-2-4-20(5-3-19)29-8-10-31-11-9-29/h2-7,12-15H,8-11H2,1H3,(H,26,30)(H,27,28). The van der Waals surface area contributed by atoms with Crippen molar-refractivity contribution in [1.82, 2.24) is 15.0 Å². The van der Waals surface area contributed by atoms with Crippen LogP contribution in [0.2, 0.25) is 0 Å². The predicted molar refractivity (Wildman–Crippen MR) is 123 cm³/mol. The number of ether oxygens (including phenoxy) is 1. The highest BCUT2D eigenvalue weighted by Gasteiger charge is 2.13. The van der Waals surface area contributed by atoms with Crippen LogP contribution in [0.15, 0.2) is 65.8 Å². The number of anilines is 3. The van der Waals surface area contributed by atoms with Crippen molar-refractivity contribution >= 4 is 28.0 Å². The van der Waals surface area contributed by atoms with Gasteiger partial charge < -0.3 is 19.9 Å². The molecule has 31 heavy (non-hydrogen) atoms. The molecule has 3 aromatic heterocycles. The van der Waals surface area contributed by atoms with E-state index >= 15 is 0 Å². The summed E-state index contributed by atoms with van der Waals surface area (Å²) >= 11 is 0. The molecule has 1 aromatic carbocycles. The van der Waals surface area contributed by atoms with Gasteiger partial charge in [-0.1, -0.05) is 0 Å². The summed E-state index contributed by atoms with van der Waals surface area (Å²) < 4.78 is 5.43. The van der Waals surface area contributed by atoms with E-state index in [9.17, 15) is 4.79 Å². The van der Waals surface area contributed by atoms with E-state index in [0.717, 1.165) is 59.9 Å². The van der Waals surface area contributed by atoms with Gasteiger partial charge >= 0.3 is 0 Å². The van der Waals surface area contributed by atoms with Gasteiger partial charge in [0.1, 0.15) is 5.82 Å². The van der Waals surface area contributed by atoms with E-state index < -0.39 is 0 Å². The minimum atomic E-state index is -0.175. The Bertz CT molecular complexity index is 1280. The molecule has 2 N–H and O–H groups in total. The van der Waals surface area contributed by atoms with E-state index in [1.54, 1.807) is 12.4 Å². The number of aromatic amines is 1. The van der Waals surface area contributed by atoms with Crippen LogP contribution in [0.1, 0.15) is 5.56 Å². The van der Waals surface area contributed by atoms with Gasteiger partial charge in [0.25, 0.3) is 5.56 Å². The van der Waals surface area contributed by atoms with E-state index in [-0.39, 0.29) is 5.56 Å². The van der Waals surface area contributed by atoms with Crippen LogP contribution < -0.4 is 15.8 Å². The Balaban J connectivity index is 1.53. The highest BCUT2D eigenvalue weighted by molar-refractivity contribution is 5.95. The van der Waals surface area contributed by atoms with E-state index in [1.807, 2.05) is 43.5 Å². The lowest BCUT2D eigenvalue weighted by Crippen LogP contribution is -2.36. The normalized spacial score (nSPS) is 14.0. The summed E-state index contributed by atoms with van der Waals surface area (Å²) in [7, 11) is 0. The second-order valence-corrected chi connectivity index (χ2v) is 7.65. The van der Waals surface area contributed by atoms with Gasteiger partial charge in [-0.25, -0.2) is 4.98 Å². The molecule has 5 rings (SSSR count). The molecule has 4 heterocycles. The average molecular weight is 413 g/mol. The van der Waals surface area contributed by atoms with Crippen molar-refractivity contribution in [2.75, 3.05) is 36.5 Å². The van der Waals surface area contributed by atoms with Crippen LogP contribution in [0.5, 0.6) is 0 Å². The number of nitrogens with zero attached hydrogens (tertiary/aromatic N) is 3. The third-order valence-electron chi connectivity index (χ3n) is 5.43. The van der Waals surface area contributed by atoms with Crippen LogP contribution in [0.4, 0.5) is 17.2 Å². The number of H-pyrrole nitrogens is 1. The minimum Gasteiger partial charge on any atom is -0.378 e. The van der Waals surface area contributed by atoms with Gasteiger partial charge in [0.2, 0.25) is 0 Å². The number of benzene rings is 1. The summed E-state index contributed by atoms with van der Waals surface area (Å²) in [4.78, 5) is 26.7. The Labute approximate surface area is 179 Å². The van der Waals surface area contributed by atoms with Crippen molar-refractivity contribution in [1.29, 1.82) is 0 Å². The molecule has 0 aliphatic carbocycles. The van der Waals surface area contributed by atoms with E-state index in [1.165, 1.54) is 0 Å². The molecule has 1 aliphatic rings. The number of hydrogen-bond donors (Lipinski definition) is 2. The Morgan fingerprint density at radius 3 is 2.65 bits per heavy atom. The lowest BCUT2D eigenvalue weighted by Gasteiger charge is -2.28. The first kappa shape index (κ1) is 19.3. The molecule has 0 radical (unpaired) electrons. The van der Waals surface area contributed by atoms with Crippen LogP contribution in [0, 0.1) is 6.92 Å². The Morgan fingerprint density at radius 1 is 1.06 bits per heavy atom. The summed E-state index contributed by atoms with van der Waals surface area (Å²) in [6.07, 6.45) is 5.25. The first-order valence-corrected chi connectivity index (χ1v) is 10.3. The number of morpholine rings is 1. The molecule has 7 nitrogen and oxygen atoms in total. The zero-order chi connectivity index (χ0) is 21.2. The van der Waals surface area contributed by atoms with Crippen molar-refractivity contribution in [2.24, 2.45) is 0 Å². The second-order valence-electron chi connectivity index (χ2n) is 7.65. The lowest BCUT2D eigenvalue weighted by atomic mass is 10.1. The molecule has 0 unspecified atom stereocenters. The van der Waals surface area contributed by atoms with Crippen molar-refractivity contribution in [3.63, 3.8) is 0 Å². The first-order chi connectivity index (χ1) is 15.2. The molecular weight excluding hydrogens is 390 g/mol. The number of fused-ring (bicyclic) bond motifs is 1. The number of hydrogen-bond acceptors (Lipinski definition) is 6. The van der Waals surface area contributed by atoms with Gasteiger partial charge in [0, 0.05) is 48.6 Å². The third kappa shape index (κ3) is 4.00. The fourth-order valence-corrected chi connectivity index (χ4v) is 3.86. The minimum absolute atomic E-state index is 0.175. The van der Waals surface area contributed by atoms with E-state index in [0.29, 0.717) is 11.2 Å². The summed E-state index contributed by atoms with van der Waals surface area (Å²) in [5.41, 5.74) is 4.58. The van der Waals surface area contributed by atoms with Gasteiger partial charge in [-0.2, -0.15) is 0 Å². The fourth-order valence-electron chi connectivity index (χ4n) is 3.86. The van der Waals surface area contributed by atoms with Crippen LogP contribution in [0.3, 0.4) is 0 Å². The van der Waals surface area contributed by atoms with Gasteiger partial charge in [0.05, 0.1) is 24.3 Å². The molecule has 4 aromatic rings. The predicted octanol–water partition coefficient (Wildman–Crippen LogP) is 3.87. The van der Waals surface area contributed by atoms with Crippen LogP contribution >= 0.6 is 0 Å². The van der Waals surface area contributed by atoms with E-state index in [2.05, 4.69) is 32.3 Å². The van der Waals surface area contributed by atoms with Gasteiger partial charge in [-0.15, -0.1) is 0 Å². The van der Waals surface area contributed by atoms with E-state index in [4.69, 9.17) is 9.72 Å². The Hall–Kier alpha value is -3.71. The third-order valence-corrected chi connectivity index (χ3v) is 5.43. The van der Waals surface area contributed by atoms with Crippen LogP contribution in [-0.4, -0.2) is 41.3 Å². The zero-order valence-electron chi connectivity index (χ0n) is 17.3. The molecule has 156 valence electrons. The summed E-state index contributed by atoms with van der Waals surface area (Å²) in [6.45, 7) is 5.28. The highest BCUT2D eigenvalue weighted by atomic mass is 16.5. The molecule has 0 saturated carbocycles. The Kier molecular flexibility index (Phi) is 5.09. The molecule has 0 atom stereocenters. The molecular formula is C24H23N5O2. The van der Waals surface area contributed by atoms with Crippen molar-refractivity contribution in [3.05, 3.63) is 77.0 Å². The number of pyridine rings is 3. The van der Waals surface area contributed by atoms with Crippen molar-refractivity contribution in [3.8, 4) is 11.3 Å². The number of rotatable bonds is 4. The molecule has 0 amide bonds. The number of nitrogens with one attached hydrogen (secondary N) is 2. The largest absolute Gasteiger partial charge is 0.378 e. The Morgan fingerprint density at radius 2 is 1.87 bits per heavy atom. The quantitative estimate of drug-likeness (QED) is 0.528. The topological polar surface area (TPSA) is 83.1 Å². The molecule has 1 aliphatic heterocycles. The van der Waals surface area contributed by atoms with Crippen molar-refractivity contribution < 1.29 is 4.74 Å². The van der Waals surface area contributed by atoms with Gasteiger partial charge in [0.15, 0.2) is 0 Å². The molecule has 7 heteroatoms.